The number of nitrogens with one attached hydrogen (secondary N) is 2. The Hall–Kier alpha value is -3.08. The van der Waals surface area contributed by atoms with Crippen LogP contribution in [0.1, 0.15) is 44.7 Å². The molecule has 1 aliphatic heterocycles. The lowest BCUT2D eigenvalue weighted by Gasteiger charge is -2.30. The van der Waals surface area contributed by atoms with E-state index in [1.807, 2.05) is 30.3 Å². The van der Waals surface area contributed by atoms with Gasteiger partial charge in [0.05, 0.1) is 24.5 Å². The molecule has 2 aromatic carbocycles. The number of sulfonamides is 1. The summed E-state index contributed by atoms with van der Waals surface area (Å²) in [6.07, 6.45) is 0.885. The van der Waals surface area contributed by atoms with Crippen molar-refractivity contribution in [2.45, 2.75) is 70.2 Å². The summed E-state index contributed by atoms with van der Waals surface area (Å²) in [5, 5.41) is 2.69. The average Bonchev–Trinajstić information content (AvgIpc) is 3.34. The van der Waals surface area contributed by atoms with Crippen molar-refractivity contribution in [3.8, 4) is 0 Å². The molecule has 3 rings (SSSR count). The third-order valence-electron chi connectivity index (χ3n) is 6.55. The second-order valence-electron chi connectivity index (χ2n) is 9.90. The van der Waals surface area contributed by atoms with Gasteiger partial charge in [-0.15, -0.1) is 0 Å². The van der Waals surface area contributed by atoms with Crippen LogP contribution in [0.5, 0.6) is 0 Å². The Balaban J connectivity index is 1.79. The number of amides is 2. The highest BCUT2D eigenvalue weighted by atomic mass is 32.2. The Morgan fingerprint density at radius 3 is 2.21 bits per heavy atom. The largest absolute Gasteiger partial charge is 0.372 e. The van der Waals surface area contributed by atoms with Crippen LogP contribution in [0.2, 0.25) is 0 Å². The fourth-order valence-corrected chi connectivity index (χ4v) is 5.86. The zero-order valence-electron chi connectivity index (χ0n) is 22.1. The summed E-state index contributed by atoms with van der Waals surface area (Å²) >= 11 is 0. The van der Waals surface area contributed by atoms with Crippen LogP contribution < -0.4 is 10.0 Å². The summed E-state index contributed by atoms with van der Waals surface area (Å²) in [4.78, 5) is 39.7. The van der Waals surface area contributed by atoms with Crippen molar-refractivity contribution >= 4 is 28.1 Å². The second-order valence-corrected chi connectivity index (χ2v) is 11.7. The maximum Gasteiger partial charge on any atom is 0.243 e. The minimum absolute atomic E-state index is 0.130. The van der Waals surface area contributed by atoms with Crippen LogP contribution in [0.25, 0.3) is 0 Å². The molecule has 0 unspecified atom stereocenters. The molecular formula is C28H37N3O6S. The molecule has 1 heterocycles. The SMILES string of the molecule is CC[C@@H](C=O)NC(=O)[C@@H]1C[C@@H](OCc2ccccc2)CN1C(=O)[C@@H](NS(=O)(=O)Cc1ccccc1)C(C)C. The van der Waals surface area contributed by atoms with Crippen LogP contribution in [0.3, 0.4) is 0 Å². The van der Waals surface area contributed by atoms with Gasteiger partial charge < -0.3 is 19.7 Å². The third kappa shape index (κ3) is 8.21. The van der Waals surface area contributed by atoms with Crippen LogP contribution in [-0.2, 0) is 41.5 Å². The predicted octanol–water partition coefficient (Wildman–Crippen LogP) is 2.41. The lowest BCUT2D eigenvalue weighted by Crippen LogP contribution is -2.56. The van der Waals surface area contributed by atoms with Crippen molar-refractivity contribution in [1.29, 1.82) is 0 Å². The number of carbonyl (C=O) groups is 3. The molecular weight excluding hydrogens is 506 g/mol. The first-order valence-electron chi connectivity index (χ1n) is 12.9. The number of benzene rings is 2. The van der Waals surface area contributed by atoms with Crippen molar-refractivity contribution < 1.29 is 27.5 Å². The predicted molar refractivity (Wildman–Crippen MR) is 144 cm³/mol. The smallest absolute Gasteiger partial charge is 0.243 e. The number of aldehydes is 1. The van der Waals surface area contributed by atoms with E-state index in [-0.39, 0.29) is 24.6 Å². The maximum atomic E-state index is 13.8. The van der Waals surface area contributed by atoms with E-state index in [9.17, 15) is 22.8 Å². The zero-order valence-corrected chi connectivity index (χ0v) is 22.9. The second kappa shape index (κ2) is 13.6. The summed E-state index contributed by atoms with van der Waals surface area (Å²) in [6.45, 7) is 5.72. The van der Waals surface area contributed by atoms with E-state index in [0.717, 1.165) is 5.56 Å². The molecule has 1 saturated heterocycles. The Kier molecular flexibility index (Phi) is 10.6. The first-order chi connectivity index (χ1) is 18.1. The van der Waals surface area contributed by atoms with E-state index < -0.39 is 46.1 Å². The molecule has 38 heavy (non-hydrogen) atoms. The Bertz CT molecular complexity index is 1170. The molecule has 1 aliphatic rings. The minimum Gasteiger partial charge on any atom is -0.372 e. The van der Waals surface area contributed by atoms with Crippen molar-refractivity contribution in [3.05, 3.63) is 71.8 Å². The lowest BCUT2D eigenvalue weighted by atomic mass is 10.0. The van der Waals surface area contributed by atoms with Crippen molar-refractivity contribution in [1.82, 2.24) is 14.9 Å². The molecule has 0 spiro atoms. The normalized spacial score (nSPS) is 19.2. The fraction of sp³-hybridized carbons (Fsp3) is 0.464. The first kappa shape index (κ1) is 29.5. The van der Waals surface area contributed by atoms with Crippen LogP contribution >= 0.6 is 0 Å². The molecule has 2 N–H and O–H groups in total. The van der Waals surface area contributed by atoms with Gasteiger partial charge >= 0.3 is 0 Å². The van der Waals surface area contributed by atoms with Gasteiger partial charge in [-0.2, -0.15) is 0 Å². The highest BCUT2D eigenvalue weighted by Crippen LogP contribution is 2.25. The number of nitrogens with zero attached hydrogens (tertiary/aromatic N) is 1. The highest BCUT2D eigenvalue weighted by Gasteiger charge is 2.44. The molecule has 0 aromatic heterocycles. The van der Waals surface area contributed by atoms with Gasteiger partial charge in [-0.3, -0.25) is 9.59 Å². The van der Waals surface area contributed by atoms with E-state index in [0.29, 0.717) is 24.9 Å². The summed E-state index contributed by atoms with van der Waals surface area (Å²) in [5.74, 6) is -1.60. The first-order valence-corrected chi connectivity index (χ1v) is 14.5. The standard InChI is InChI=1S/C28H37N3O6S/c1-4-23(17-32)29-27(33)25-15-24(37-18-21-11-7-5-8-12-21)16-31(25)28(34)26(20(2)3)30-38(35,36)19-22-13-9-6-10-14-22/h5-14,17,20,23-26,30H,4,15-16,18-19H2,1-3H3,(H,29,33)/t23-,24+,25-,26-/m0/s1. The number of rotatable bonds is 13. The molecule has 0 radical (unpaired) electrons. The van der Waals surface area contributed by atoms with Gasteiger partial charge in [0.25, 0.3) is 0 Å². The summed E-state index contributed by atoms with van der Waals surface area (Å²) in [5.41, 5.74) is 1.56. The molecule has 2 aromatic rings. The third-order valence-corrected chi connectivity index (χ3v) is 7.87. The maximum absolute atomic E-state index is 13.8. The van der Waals surface area contributed by atoms with E-state index >= 15 is 0 Å². The van der Waals surface area contributed by atoms with E-state index in [2.05, 4.69) is 10.0 Å². The highest BCUT2D eigenvalue weighted by molar-refractivity contribution is 7.88. The number of carbonyl (C=O) groups excluding carboxylic acids is 3. The monoisotopic (exact) mass is 543 g/mol. The molecule has 1 fully saturated rings. The molecule has 4 atom stereocenters. The molecule has 0 saturated carbocycles. The van der Waals surface area contributed by atoms with Gasteiger partial charge in [0.2, 0.25) is 21.8 Å². The summed E-state index contributed by atoms with van der Waals surface area (Å²) in [6, 6.07) is 15.6. The molecule has 0 aliphatic carbocycles. The topological polar surface area (TPSA) is 122 Å². The van der Waals surface area contributed by atoms with Gasteiger partial charge in [0.15, 0.2) is 0 Å². The van der Waals surface area contributed by atoms with Crippen LogP contribution in [0.4, 0.5) is 0 Å². The van der Waals surface area contributed by atoms with Crippen LogP contribution in [0.15, 0.2) is 60.7 Å². The van der Waals surface area contributed by atoms with E-state index in [1.54, 1.807) is 51.1 Å². The van der Waals surface area contributed by atoms with Gasteiger partial charge in [-0.25, -0.2) is 13.1 Å². The van der Waals surface area contributed by atoms with Crippen molar-refractivity contribution in [2.24, 2.45) is 5.92 Å². The zero-order chi connectivity index (χ0) is 27.7. The molecule has 10 heteroatoms. The van der Waals surface area contributed by atoms with Crippen molar-refractivity contribution in [2.75, 3.05) is 6.54 Å². The van der Waals surface area contributed by atoms with Crippen molar-refractivity contribution in [3.63, 3.8) is 0 Å². The Morgan fingerprint density at radius 1 is 1.05 bits per heavy atom. The Morgan fingerprint density at radius 2 is 1.66 bits per heavy atom. The number of likely N-dealkylation sites (tertiary alicyclic amines) is 1. The quantitative estimate of drug-likeness (QED) is 0.374. The van der Waals surface area contributed by atoms with Gasteiger partial charge in [-0.05, 0) is 23.5 Å². The van der Waals surface area contributed by atoms with E-state index in [1.165, 1.54) is 4.90 Å². The molecule has 0 bridgehead atoms. The molecule has 206 valence electrons. The number of ether oxygens (including phenoxy) is 1. The van der Waals surface area contributed by atoms with Gasteiger partial charge in [0.1, 0.15) is 18.4 Å². The van der Waals surface area contributed by atoms with Crippen LogP contribution in [-0.4, -0.2) is 62.2 Å². The number of hydrogen-bond donors (Lipinski definition) is 2. The molecule has 9 nitrogen and oxygen atoms in total. The average molecular weight is 544 g/mol. The summed E-state index contributed by atoms with van der Waals surface area (Å²) in [7, 11) is -3.85. The van der Waals surface area contributed by atoms with Gasteiger partial charge in [0, 0.05) is 13.0 Å². The fourth-order valence-electron chi connectivity index (χ4n) is 4.39. The molecule has 2 amide bonds. The van der Waals surface area contributed by atoms with E-state index in [4.69, 9.17) is 4.74 Å². The Labute approximate surface area is 225 Å². The summed E-state index contributed by atoms with van der Waals surface area (Å²) < 4.78 is 34.6. The lowest BCUT2D eigenvalue weighted by molar-refractivity contribution is -0.141. The number of hydrogen-bond acceptors (Lipinski definition) is 6. The van der Waals surface area contributed by atoms with Crippen LogP contribution in [0, 0.1) is 5.92 Å². The minimum atomic E-state index is -3.85. The van der Waals surface area contributed by atoms with Gasteiger partial charge in [-0.1, -0.05) is 81.4 Å².